The van der Waals surface area contributed by atoms with Gasteiger partial charge in [-0.15, -0.1) is 0 Å². The number of halogens is 3. The Labute approximate surface area is 232 Å². The van der Waals surface area contributed by atoms with Crippen molar-refractivity contribution in [2.45, 2.75) is 18.5 Å². The summed E-state index contributed by atoms with van der Waals surface area (Å²) in [4.78, 5) is 21.6. The summed E-state index contributed by atoms with van der Waals surface area (Å²) in [5.74, 6) is 0.701. The van der Waals surface area contributed by atoms with Crippen LogP contribution < -0.4 is 4.74 Å². The van der Waals surface area contributed by atoms with E-state index in [0.29, 0.717) is 45.8 Å². The van der Waals surface area contributed by atoms with Crippen molar-refractivity contribution in [2.75, 3.05) is 46.5 Å². The number of para-hydroxylation sites is 1. The van der Waals surface area contributed by atoms with Gasteiger partial charge in [0.05, 0.1) is 31.6 Å². The molecule has 2 amide bonds. The zero-order chi connectivity index (χ0) is 28.1. The van der Waals surface area contributed by atoms with E-state index in [-0.39, 0.29) is 17.9 Å². The second-order valence-electron chi connectivity index (χ2n) is 10.1. The van der Waals surface area contributed by atoms with Gasteiger partial charge in [0, 0.05) is 49.4 Å². The van der Waals surface area contributed by atoms with Gasteiger partial charge in [0.1, 0.15) is 5.75 Å². The third-order valence-electron chi connectivity index (χ3n) is 7.49. The molecule has 1 aromatic heterocycles. The molecule has 9 heteroatoms. The zero-order valence-corrected chi connectivity index (χ0v) is 22.3. The molecule has 3 aromatic rings. The molecule has 2 atom stereocenters. The number of likely N-dealkylation sites (tertiary alicyclic amines) is 1. The van der Waals surface area contributed by atoms with Gasteiger partial charge >= 0.3 is 12.2 Å². The Morgan fingerprint density at radius 2 is 1.75 bits per heavy atom. The average Bonchev–Trinajstić information content (AvgIpc) is 3.00. The summed E-state index contributed by atoms with van der Waals surface area (Å²) in [6.45, 7) is 3.05. The molecule has 2 saturated heterocycles. The van der Waals surface area contributed by atoms with Crippen LogP contribution in [0.2, 0.25) is 0 Å². The Balaban J connectivity index is 1.34. The van der Waals surface area contributed by atoms with Gasteiger partial charge in [-0.25, -0.2) is 4.79 Å². The van der Waals surface area contributed by atoms with E-state index in [1.807, 2.05) is 47.4 Å². The maximum atomic E-state index is 13.4. The topological polar surface area (TPSA) is 54.9 Å². The number of methoxy groups -OCH3 is 1. The first kappa shape index (κ1) is 27.7. The SMILES string of the molecule is COc1ccccc1-c1ccc(/C=C/C2CC(c3ccc(C(F)(F)F)cc3)CN(C(=O)N3CCOCC3)C2)nc1. The summed E-state index contributed by atoms with van der Waals surface area (Å²) in [6, 6.07) is 16.9. The number of morpholine rings is 1. The molecule has 5 rings (SSSR count). The number of rotatable bonds is 5. The first-order valence-corrected chi connectivity index (χ1v) is 13.4. The highest BCUT2D eigenvalue weighted by molar-refractivity contribution is 5.75. The van der Waals surface area contributed by atoms with Crippen LogP contribution in [0.25, 0.3) is 17.2 Å². The molecule has 2 aromatic carbocycles. The monoisotopic (exact) mass is 551 g/mol. The number of nitrogens with zero attached hydrogens (tertiary/aromatic N) is 3. The highest BCUT2D eigenvalue weighted by Gasteiger charge is 2.34. The second kappa shape index (κ2) is 12.1. The second-order valence-corrected chi connectivity index (χ2v) is 10.1. The minimum atomic E-state index is -4.39. The fourth-order valence-electron chi connectivity index (χ4n) is 5.36. The van der Waals surface area contributed by atoms with E-state index < -0.39 is 11.7 Å². The molecule has 6 nitrogen and oxygen atoms in total. The van der Waals surface area contributed by atoms with Crippen LogP contribution in [0.1, 0.15) is 29.2 Å². The number of aromatic nitrogens is 1. The number of piperidine rings is 1. The normalized spacial score (nSPS) is 20.1. The van der Waals surface area contributed by atoms with Crippen molar-refractivity contribution in [1.82, 2.24) is 14.8 Å². The van der Waals surface area contributed by atoms with E-state index in [0.717, 1.165) is 40.3 Å². The van der Waals surface area contributed by atoms with Crippen LogP contribution in [0, 0.1) is 5.92 Å². The number of carbonyl (C=O) groups excluding carboxylic acids is 1. The summed E-state index contributed by atoms with van der Waals surface area (Å²) < 4.78 is 50.2. The van der Waals surface area contributed by atoms with E-state index in [4.69, 9.17) is 9.47 Å². The smallest absolute Gasteiger partial charge is 0.416 e. The van der Waals surface area contributed by atoms with Gasteiger partial charge in [-0.05, 0) is 48.2 Å². The lowest BCUT2D eigenvalue weighted by Crippen LogP contribution is -2.52. The Kier molecular flexibility index (Phi) is 8.40. The summed E-state index contributed by atoms with van der Waals surface area (Å²) in [5, 5.41) is 0. The molecule has 0 radical (unpaired) electrons. The number of benzene rings is 2. The number of amides is 2. The molecule has 3 heterocycles. The molecule has 0 bridgehead atoms. The molecule has 0 N–H and O–H groups in total. The summed E-state index contributed by atoms with van der Waals surface area (Å²) >= 11 is 0. The summed E-state index contributed by atoms with van der Waals surface area (Å²) in [5.41, 5.74) is 2.80. The molecular formula is C31H32F3N3O3. The van der Waals surface area contributed by atoms with Crippen molar-refractivity contribution in [3.63, 3.8) is 0 Å². The van der Waals surface area contributed by atoms with Crippen molar-refractivity contribution in [2.24, 2.45) is 5.92 Å². The number of urea groups is 1. The highest BCUT2D eigenvalue weighted by atomic mass is 19.4. The number of pyridine rings is 1. The minimum Gasteiger partial charge on any atom is -0.496 e. The first-order chi connectivity index (χ1) is 19.3. The zero-order valence-electron chi connectivity index (χ0n) is 22.3. The van der Waals surface area contributed by atoms with E-state index in [1.165, 1.54) is 12.1 Å². The predicted octanol–water partition coefficient (Wildman–Crippen LogP) is 6.35. The Hall–Kier alpha value is -3.85. The van der Waals surface area contributed by atoms with Crippen molar-refractivity contribution in [3.8, 4) is 16.9 Å². The van der Waals surface area contributed by atoms with Gasteiger partial charge in [-0.3, -0.25) is 4.98 Å². The van der Waals surface area contributed by atoms with E-state index in [1.54, 1.807) is 18.2 Å². The quantitative estimate of drug-likeness (QED) is 0.371. The molecular weight excluding hydrogens is 519 g/mol. The van der Waals surface area contributed by atoms with Crippen molar-refractivity contribution < 1.29 is 27.4 Å². The first-order valence-electron chi connectivity index (χ1n) is 13.4. The number of alkyl halides is 3. The van der Waals surface area contributed by atoms with Crippen LogP contribution in [-0.4, -0.2) is 67.3 Å². The Bertz CT molecular complexity index is 1320. The van der Waals surface area contributed by atoms with Gasteiger partial charge in [0.25, 0.3) is 0 Å². The number of hydrogen-bond donors (Lipinski definition) is 0. The van der Waals surface area contributed by atoms with Gasteiger partial charge in [0.2, 0.25) is 0 Å². The van der Waals surface area contributed by atoms with Crippen LogP contribution in [0.5, 0.6) is 5.75 Å². The van der Waals surface area contributed by atoms with Gasteiger partial charge in [-0.2, -0.15) is 13.2 Å². The van der Waals surface area contributed by atoms with Crippen LogP contribution in [-0.2, 0) is 10.9 Å². The van der Waals surface area contributed by atoms with Gasteiger partial charge < -0.3 is 19.3 Å². The number of carbonyl (C=O) groups is 1. The molecule has 0 spiro atoms. The number of hydrogen-bond acceptors (Lipinski definition) is 4. The summed E-state index contributed by atoms with van der Waals surface area (Å²) in [7, 11) is 1.64. The lowest BCUT2D eigenvalue weighted by atomic mass is 9.84. The highest BCUT2D eigenvalue weighted by Crippen LogP contribution is 2.35. The molecule has 40 heavy (non-hydrogen) atoms. The van der Waals surface area contributed by atoms with Crippen molar-refractivity contribution in [3.05, 3.63) is 89.8 Å². The van der Waals surface area contributed by atoms with Crippen LogP contribution in [0.4, 0.5) is 18.0 Å². The lowest BCUT2D eigenvalue weighted by molar-refractivity contribution is -0.137. The van der Waals surface area contributed by atoms with E-state index in [2.05, 4.69) is 11.1 Å². The fraction of sp³-hybridized carbons (Fsp3) is 0.355. The van der Waals surface area contributed by atoms with Crippen LogP contribution >= 0.6 is 0 Å². The standard InChI is InChI=1S/C31H32F3N3O3/c1-39-29-5-3-2-4-28(29)24-9-13-27(35-19-24)12-6-22-18-25(23-7-10-26(11-8-23)31(32,33)34)21-37(20-22)30(38)36-14-16-40-17-15-36/h2-13,19,22,25H,14-18,20-21H2,1H3/b12-6+. The number of ether oxygens (including phenoxy) is 2. The van der Waals surface area contributed by atoms with Crippen molar-refractivity contribution in [1.29, 1.82) is 0 Å². The molecule has 210 valence electrons. The molecule has 0 saturated carbocycles. The molecule has 0 aliphatic carbocycles. The largest absolute Gasteiger partial charge is 0.496 e. The Morgan fingerprint density at radius 1 is 1.00 bits per heavy atom. The average molecular weight is 552 g/mol. The molecule has 2 unspecified atom stereocenters. The molecule has 2 aliphatic heterocycles. The lowest BCUT2D eigenvalue weighted by Gasteiger charge is -2.40. The maximum Gasteiger partial charge on any atom is 0.416 e. The predicted molar refractivity (Wildman–Crippen MR) is 147 cm³/mol. The maximum absolute atomic E-state index is 13.4. The van der Waals surface area contributed by atoms with Gasteiger partial charge in [0.15, 0.2) is 0 Å². The summed E-state index contributed by atoms with van der Waals surface area (Å²) in [6.07, 6.45) is 2.14. The minimum absolute atomic E-state index is 0.0155. The van der Waals surface area contributed by atoms with Crippen LogP contribution in [0.3, 0.4) is 0 Å². The Morgan fingerprint density at radius 3 is 2.42 bits per heavy atom. The van der Waals surface area contributed by atoms with E-state index in [9.17, 15) is 18.0 Å². The fourth-order valence-corrected chi connectivity index (χ4v) is 5.36. The van der Waals surface area contributed by atoms with Gasteiger partial charge in [-0.1, -0.05) is 42.5 Å². The molecule has 2 fully saturated rings. The molecule has 2 aliphatic rings. The third kappa shape index (κ3) is 6.47. The van der Waals surface area contributed by atoms with Crippen LogP contribution in [0.15, 0.2) is 72.9 Å². The van der Waals surface area contributed by atoms with E-state index >= 15 is 0 Å². The van der Waals surface area contributed by atoms with Crippen molar-refractivity contribution >= 4 is 12.1 Å². The third-order valence-corrected chi connectivity index (χ3v) is 7.49.